The maximum absolute atomic E-state index is 14.2. The molecule has 0 aromatic rings. The van der Waals surface area contributed by atoms with Gasteiger partial charge in [-0.05, 0) is 89.0 Å². The van der Waals surface area contributed by atoms with E-state index < -0.39 is 17.2 Å². The minimum Gasteiger partial charge on any atom is -0.462 e. The minimum absolute atomic E-state index is 0.0175. The number of nitrogens with one attached hydrogen (secondary N) is 2. The van der Waals surface area contributed by atoms with Crippen molar-refractivity contribution < 1.29 is 43.9 Å². The lowest BCUT2D eigenvalue weighted by molar-refractivity contribution is -0.230. The molecule has 1 spiro atoms. The number of fused-ring (bicyclic) bond motifs is 7. The molecule has 1 amide bonds. The zero-order valence-corrected chi connectivity index (χ0v) is 35.6. The van der Waals surface area contributed by atoms with E-state index in [2.05, 4.69) is 21.6 Å². The second-order valence-corrected chi connectivity index (χ2v) is 20.7. The van der Waals surface area contributed by atoms with E-state index in [0.717, 1.165) is 31.0 Å². The monoisotopic (exact) mass is 834 g/mol. The van der Waals surface area contributed by atoms with Crippen LogP contribution in [0.25, 0.3) is 0 Å². The molecule has 5 aliphatic heterocycles. The van der Waals surface area contributed by atoms with Crippen LogP contribution >= 0.6 is 21.6 Å². The Bertz CT molecular complexity index is 1540. The Labute approximate surface area is 345 Å². The molecule has 57 heavy (non-hydrogen) atoms. The van der Waals surface area contributed by atoms with Crippen LogP contribution in [0.2, 0.25) is 0 Å². The van der Waals surface area contributed by atoms with Gasteiger partial charge in [-0.15, -0.1) is 0 Å². The number of carbonyl (C=O) groups is 3. The van der Waals surface area contributed by atoms with Crippen molar-refractivity contribution in [2.24, 2.45) is 53.1 Å². The van der Waals surface area contributed by atoms with Crippen LogP contribution in [0.5, 0.6) is 0 Å². The van der Waals surface area contributed by atoms with Crippen LogP contribution < -0.4 is 16.4 Å². The SMILES string of the molecule is CC=C(CCO)C(=O)O[C@@]1(C)CC=C2CSSC[C@H]3[C@@H](CNC)CN3C(=O)CC3CNC(N)CC3[C@H]2[C@@]12CC1CC3CC(C[C@H](CO)CCO)C(=O)OC3CC1O2. The molecule has 0 aromatic heterocycles. The highest BCUT2D eigenvalue weighted by molar-refractivity contribution is 8.76. The van der Waals surface area contributed by atoms with Crippen LogP contribution in [-0.2, 0) is 28.6 Å². The van der Waals surface area contributed by atoms with Gasteiger partial charge in [0.2, 0.25) is 5.91 Å². The number of nitrogens with two attached hydrogens (primary N) is 1. The van der Waals surface area contributed by atoms with Crippen LogP contribution in [0.4, 0.5) is 0 Å². The molecule has 0 aromatic carbocycles. The first-order valence-electron chi connectivity index (χ1n) is 21.4. The minimum atomic E-state index is -1.08. The van der Waals surface area contributed by atoms with Crippen LogP contribution in [0.15, 0.2) is 23.3 Å². The van der Waals surface area contributed by atoms with Gasteiger partial charge in [0.05, 0.1) is 18.2 Å². The topological polar surface area (TPSA) is 193 Å². The van der Waals surface area contributed by atoms with Crippen molar-refractivity contribution in [2.45, 2.75) is 114 Å². The average molecular weight is 835 g/mol. The lowest BCUT2D eigenvalue weighted by atomic mass is 9.56. The van der Waals surface area contributed by atoms with Crippen molar-refractivity contribution in [3.05, 3.63) is 23.3 Å². The number of nitrogens with zero attached hydrogens (tertiary/aromatic N) is 1. The number of rotatable bonds is 11. The van der Waals surface area contributed by atoms with Gasteiger partial charge in [-0.25, -0.2) is 4.79 Å². The van der Waals surface area contributed by atoms with E-state index in [0.29, 0.717) is 69.4 Å². The average Bonchev–Trinajstić information content (AvgIpc) is 3.55. The molecule has 7 rings (SSSR count). The van der Waals surface area contributed by atoms with Crippen LogP contribution in [-0.4, -0.2) is 132 Å². The van der Waals surface area contributed by atoms with Gasteiger partial charge in [0.25, 0.3) is 0 Å². The number of hydrogen-bond acceptors (Lipinski definition) is 14. The molecule has 8 unspecified atom stereocenters. The molecular formula is C42H66N4O9S2. The predicted molar refractivity (Wildman–Crippen MR) is 219 cm³/mol. The third-order valence-electron chi connectivity index (χ3n) is 14.9. The Balaban J connectivity index is 1.24. The van der Waals surface area contributed by atoms with E-state index in [9.17, 15) is 29.7 Å². The van der Waals surface area contributed by atoms with Crippen molar-refractivity contribution in [2.75, 3.05) is 58.0 Å². The fraction of sp³-hybridized carbons (Fsp3) is 0.833. The summed E-state index contributed by atoms with van der Waals surface area (Å²) in [6, 6.07) is 0.201. The van der Waals surface area contributed by atoms with Gasteiger partial charge in [0.15, 0.2) is 0 Å². The fourth-order valence-electron chi connectivity index (χ4n) is 11.8. The summed E-state index contributed by atoms with van der Waals surface area (Å²) in [5.74, 6) is 1.07. The lowest BCUT2D eigenvalue weighted by Crippen LogP contribution is -2.66. The van der Waals surface area contributed by atoms with E-state index in [1.54, 1.807) is 13.0 Å². The first-order chi connectivity index (χ1) is 27.5. The van der Waals surface area contributed by atoms with Crippen LogP contribution in [0.1, 0.15) is 78.1 Å². The Hall–Kier alpha value is -1.69. The molecule has 6 fully saturated rings. The summed E-state index contributed by atoms with van der Waals surface area (Å²) in [5.41, 5.74) is 6.42. The van der Waals surface area contributed by atoms with Crippen molar-refractivity contribution >= 4 is 39.4 Å². The van der Waals surface area contributed by atoms with Crippen molar-refractivity contribution in [3.8, 4) is 0 Å². The van der Waals surface area contributed by atoms with E-state index in [4.69, 9.17) is 19.9 Å². The Morgan fingerprint density at radius 2 is 1.96 bits per heavy atom. The summed E-state index contributed by atoms with van der Waals surface area (Å²) in [7, 11) is 5.63. The molecule has 14 atom stereocenters. The van der Waals surface area contributed by atoms with Crippen molar-refractivity contribution in [3.63, 3.8) is 0 Å². The van der Waals surface area contributed by atoms with Crippen LogP contribution in [0.3, 0.4) is 0 Å². The fourth-order valence-corrected chi connectivity index (χ4v) is 14.4. The number of aliphatic hydroxyl groups excluding tert-OH is 3. The molecule has 7 N–H and O–H groups in total. The Morgan fingerprint density at radius 3 is 2.70 bits per heavy atom. The van der Waals surface area contributed by atoms with Gasteiger partial charge in [0.1, 0.15) is 17.3 Å². The summed E-state index contributed by atoms with van der Waals surface area (Å²) in [6.07, 6.45) is 8.50. The summed E-state index contributed by atoms with van der Waals surface area (Å²) < 4.78 is 20.5. The maximum Gasteiger partial charge on any atom is 0.334 e. The molecule has 320 valence electrons. The van der Waals surface area contributed by atoms with Gasteiger partial charge < -0.3 is 50.8 Å². The van der Waals surface area contributed by atoms with E-state index >= 15 is 0 Å². The molecule has 5 saturated heterocycles. The molecule has 0 bridgehead atoms. The molecular weight excluding hydrogens is 769 g/mol. The molecule has 1 saturated carbocycles. The highest BCUT2D eigenvalue weighted by atomic mass is 33.1. The highest BCUT2D eigenvalue weighted by Gasteiger charge is 2.68. The van der Waals surface area contributed by atoms with Gasteiger partial charge in [-0.2, -0.15) is 0 Å². The van der Waals surface area contributed by atoms with Gasteiger partial charge >= 0.3 is 11.9 Å². The third kappa shape index (κ3) is 8.62. The normalized spacial score (nSPS) is 41.5. The maximum atomic E-state index is 14.2. The number of hydrogen-bond donors (Lipinski definition) is 6. The quantitative estimate of drug-likeness (QED) is 0.0771. The Morgan fingerprint density at radius 1 is 1.14 bits per heavy atom. The summed E-state index contributed by atoms with van der Waals surface area (Å²) in [4.78, 5) is 43.8. The summed E-state index contributed by atoms with van der Waals surface area (Å²) >= 11 is 0. The third-order valence-corrected chi connectivity index (χ3v) is 17.2. The first-order valence-corrected chi connectivity index (χ1v) is 23.9. The number of esters is 2. The van der Waals surface area contributed by atoms with E-state index in [1.165, 1.54) is 5.57 Å². The molecule has 0 radical (unpaired) electrons. The lowest BCUT2D eigenvalue weighted by Gasteiger charge is -2.57. The number of carbonyl (C=O) groups excluding carboxylic acids is 3. The standard InChI is InChI=1S/C42H66N4O9S2/c1-4-25(7-10-48)40(52)55-41(2)8-5-26-22-56-57-23-33-31(18-44-3)20-46(33)37(50)14-30-19-45-36(43)15-32(30)38(26)42(41)17-29-13-27-12-28(11-24(21-49)6-9-47)39(51)53-34(27)16-35(29)54-42/h4-5,24,27-36,38,44-45,47-49H,6-23,43H2,1-3H3/t24-,27?,28?,29?,30?,31+,32?,33+,34?,35?,36?,38+,41+,42+/m1/s1. The van der Waals surface area contributed by atoms with Gasteiger partial charge in [0, 0.05) is 100 Å². The van der Waals surface area contributed by atoms with Gasteiger partial charge in [-0.3, -0.25) is 9.59 Å². The zero-order chi connectivity index (χ0) is 40.5. The zero-order valence-electron chi connectivity index (χ0n) is 33.9. The van der Waals surface area contributed by atoms with Gasteiger partial charge in [-0.1, -0.05) is 39.3 Å². The number of piperidine rings is 1. The smallest absolute Gasteiger partial charge is 0.334 e. The van der Waals surface area contributed by atoms with E-state index in [-0.39, 0.29) is 104 Å². The molecule has 15 heteroatoms. The highest BCUT2D eigenvalue weighted by Crippen LogP contribution is 2.62. The number of aliphatic hydroxyl groups is 3. The van der Waals surface area contributed by atoms with Crippen molar-refractivity contribution in [1.82, 2.24) is 15.5 Å². The molecule has 7 aliphatic rings. The van der Waals surface area contributed by atoms with E-state index in [1.807, 2.05) is 35.6 Å². The molecule has 5 heterocycles. The number of amides is 1. The second-order valence-electron chi connectivity index (χ2n) is 18.2. The summed E-state index contributed by atoms with van der Waals surface area (Å²) in [6.45, 7) is 5.77. The Kier molecular flexibility index (Phi) is 14.1. The largest absolute Gasteiger partial charge is 0.462 e. The molecule has 13 nitrogen and oxygen atoms in total. The number of allylic oxidation sites excluding steroid dienone is 1. The molecule has 2 aliphatic carbocycles. The summed E-state index contributed by atoms with van der Waals surface area (Å²) in [5, 5.41) is 36.1. The predicted octanol–water partition coefficient (Wildman–Crippen LogP) is 2.77. The number of ether oxygens (including phenoxy) is 3. The van der Waals surface area contributed by atoms with Crippen molar-refractivity contribution in [1.29, 1.82) is 0 Å². The second kappa shape index (κ2) is 18.5. The first kappa shape index (κ1) is 43.4. The van der Waals surface area contributed by atoms with Crippen LogP contribution in [0, 0.1) is 47.3 Å².